The van der Waals surface area contributed by atoms with Crippen LogP contribution in [-0.4, -0.2) is 97.4 Å². The van der Waals surface area contributed by atoms with Crippen LogP contribution >= 0.6 is 7.60 Å². The van der Waals surface area contributed by atoms with E-state index in [1.54, 1.807) is 19.1 Å². The molecule has 1 aromatic carbocycles. The SMILES string of the molecule is Cc1cc(C(=O)N[C@@H](CP(=O)(O)O)C(=O)N2CCN(CCCCC(=O)O)CC2)nc(-c2ccccc2)n1. The van der Waals surface area contributed by atoms with Gasteiger partial charge in [-0.15, -0.1) is 0 Å². The average Bonchev–Trinajstić information content (AvgIpc) is 2.85. The normalized spacial score (nSPS) is 15.3. The fourth-order valence-electron chi connectivity index (χ4n) is 4.08. The monoisotopic (exact) mass is 533 g/mol. The van der Waals surface area contributed by atoms with Crippen molar-refractivity contribution in [2.45, 2.75) is 32.2 Å². The van der Waals surface area contributed by atoms with Crippen LogP contribution in [0.4, 0.5) is 0 Å². The van der Waals surface area contributed by atoms with Gasteiger partial charge in [0, 0.05) is 43.9 Å². The number of nitrogens with one attached hydrogen (secondary N) is 1. The van der Waals surface area contributed by atoms with Crippen LogP contribution in [0.15, 0.2) is 36.4 Å². The molecule has 200 valence electrons. The predicted molar refractivity (Wildman–Crippen MR) is 135 cm³/mol. The van der Waals surface area contributed by atoms with Gasteiger partial charge in [-0.25, -0.2) is 9.97 Å². The summed E-state index contributed by atoms with van der Waals surface area (Å²) in [7, 11) is -4.63. The van der Waals surface area contributed by atoms with Crippen molar-refractivity contribution < 1.29 is 33.8 Å². The van der Waals surface area contributed by atoms with E-state index in [-0.39, 0.29) is 12.1 Å². The molecule has 1 aromatic heterocycles. The highest BCUT2D eigenvalue weighted by Crippen LogP contribution is 2.35. The lowest BCUT2D eigenvalue weighted by molar-refractivity contribution is -0.137. The molecule has 1 atom stereocenters. The van der Waals surface area contributed by atoms with E-state index in [1.165, 1.54) is 11.0 Å². The zero-order valence-corrected chi connectivity index (χ0v) is 21.5. The molecular weight excluding hydrogens is 501 g/mol. The second kappa shape index (κ2) is 12.9. The summed E-state index contributed by atoms with van der Waals surface area (Å²) in [4.78, 5) is 68.3. The summed E-state index contributed by atoms with van der Waals surface area (Å²) >= 11 is 0. The Bertz CT molecular complexity index is 1150. The molecule has 0 bridgehead atoms. The molecule has 1 aliphatic rings. The highest BCUT2D eigenvalue weighted by molar-refractivity contribution is 7.51. The molecule has 1 saturated heterocycles. The van der Waals surface area contributed by atoms with Crippen LogP contribution in [0.2, 0.25) is 0 Å². The average molecular weight is 534 g/mol. The third-order valence-corrected chi connectivity index (χ3v) is 6.78. The number of amides is 2. The molecule has 13 heteroatoms. The van der Waals surface area contributed by atoms with Gasteiger partial charge in [0.05, 0.1) is 6.16 Å². The summed E-state index contributed by atoms with van der Waals surface area (Å²) in [6, 6.07) is 9.07. The molecule has 1 fully saturated rings. The topological polar surface area (TPSA) is 173 Å². The van der Waals surface area contributed by atoms with Crippen molar-refractivity contribution >= 4 is 25.4 Å². The van der Waals surface area contributed by atoms with Gasteiger partial charge in [0.15, 0.2) is 5.82 Å². The number of hydrogen-bond acceptors (Lipinski definition) is 7. The summed E-state index contributed by atoms with van der Waals surface area (Å²) < 4.78 is 11.8. The van der Waals surface area contributed by atoms with E-state index >= 15 is 0 Å². The minimum atomic E-state index is -4.63. The Kier molecular flexibility index (Phi) is 9.87. The first-order chi connectivity index (χ1) is 17.5. The van der Waals surface area contributed by atoms with Crippen LogP contribution < -0.4 is 5.32 Å². The number of benzene rings is 1. The number of carboxylic acid groups (broad SMARTS) is 1. The summed E-state index contributed by atoms with van der Waals surface area (Å²) in [6.07, 6.45) is 0.573. The largest absolute Gasteiger partial charge is 0.481 e. The molecule has 12 nitrogen and oxygen atoms in total. The van der Waals surface area contributed by atoms with Gasteiger partial charge in [0.1, 0.15) is 11.7 Å². The molecule has 37 heavy (non-hydrogen) atoms. The Morgan fingerprint density at radius 1 is 1.05 bits per heavy atom. The van der Waals surface area contributed by atoms with E-state index in [0.717, 1.165) is 6.42 Å². The van der Waals surface area contributed by atoms with Gasteiger partial charge in [-0.2, -0.15) is 0 Å². The Morgan fingerprint density at radius 3 is 2.35 bits per heavy atom. The number of carbonyl (C=O) groups is 3. The van der Waals surface area contributed by atoms with E-state index in [0.29, 0.717) is 56.2 Å². The second-order valence-corrected chi connectivity index (χ2v) is 10.7. The molecule has 4 N–H and O–H groups in total. The van der Waals surface area contributed by atoms with Crippen molar-refractivity contribution in [2.75, 3.05) is 38.9 Å². The van der Waals surface area contributed by atoms with Crippen molar-refractivity contribution in [1.29, 1.82) is 0 Å². The summed E-state index contributed by atoms with van der Waals surface area (Å²) in [5.74, 6) is -1.81. The van der Waals surface area contributed by atoms with Crippen LogP contribution in [0.3, 0.4) is 0 Å². The van der Waals surface area contributed by atoms with Gasteiger partial charge < -0.3 is 25.1 Å². The number of aryl methyl sites for hydroxylation is 1. The highest BCUT2D eigenvalue weighted by Gasteiger charge is 2.34. The number of aliphatic carboxylic acids is 1. The number of rotatable bonds is 11. The van der Waals surface area contributed by atoms with Gasteiger partial charge >= 0.3 is 13.6 Å². The quantitative estimate of drug-likeness (QED) is 0.242. The molecule has 2 aromatic rings. The molecule has 0 radical (unpaired) electrons. The van der Waals surface area contributed by atoms with Crippen molar-refractivity contribution in [3.05, 3.63) is 47.8 Å². The first kappa shape index (κ1) is 28.4. The lowest BCUT2D eigenvalue weighted by Crippen LogP contribution is -2.56. The van der Waals surface area contributed by atoms with Crippen molar-refractivity contribution in [2.24, 2.45) is 0 Å². The smallest absolute Gasteiger partial charge is 0.328 e. The van der Waals surface area contributed by atoms with Gasteiger partial charge in [-0.3, -0.25) is 23.8 Å². The molecule has 1 aliphatic heterocycles. The molecule has 0 aliphatic carbocycles. The third kappa shape index (κ3) is 9.01. The van der Waals surface area contributed by atoms with E-state index in [4.69, 9.17) is 5.11 Å². The summed E-state index contributed by atoms with van der Waals surface area (Å²) in [5, 5.41) is 11.2. The number of carboxylic acids is 1. The predicted octanol–water partition coefficient (Wildman–Crippen LogP) is 1.13. The van der Waals surface area contributed by atoms with Gasteiger partial charge in [-0.1, -0.05) is 30.3 Å². The van der Waals surface area contributed by atoms with Gasteiger partial charge in [-0.05, 0) is 32.4 Å². The van der Waals surface area contributed by atoms with E-state index in [2.05, 4.69) is 20.2 Å². The lowest BCUT2D eigenvalue weighted by Gasteiger charge is -2.36. The van der Waals surface area contributed by atoms with E-state index < -0.39 is 37.6 Å². The zero-order chi connectivity index (χ0) is 27.0. The minimum absolute atomic E-state index is 0.0129. The number of hydrogen-bond donors (Lipinski definition) is 4. The molecule has 2 amide bonds. The maximum atomic E-state index is 13.2. The van der Waals surface area contributed by atoms with Crippen LogP contribution in [0.25, 0.3) is 11.4 Å². The van der Waals surface area contributed by atoms with Gasteiger partial charge in [0.2, 0.25) is 5.91 Å². The third-order valence-electron chi connectivity index (χ3n) is 5.94. The standard InChI is InChI=1S/C24H32N5O7P/c1-17-15-19(26-22(25-17)18-7-3-2-4-8-18)23(32)27-20(16-37(34,35)36)24(33)29-13-11-28(12-14-29)10-6-5-9-21(30)31/h2-4,7-8,15,20H,5-6,9-14,16H2,1H3,(H,27,32)(H,30,31)(H2,34,35,36)/t20-/m0/s1. The van der Waals surface area contributed by atoms with Crippen molar-refractivity contribution in [3.63, 3.8) is 0 Å². The molecule has 0 spiro atoms. The minimum Gasteiger partial charge on any atom is -0.481 e. The van der Waals surface area contributed by atoms with Gasteiger partial charge in [0.25, 0.3) is 5.91 Å². The zero-order valence-electron chi connectivity index (χ0n) is 20.6. The van der Waals surface area contributed by atoms with Crippen molar-refractivity contribution in [1.82, 2.24) is 25.1 Å². The molecule has 3 rings (SSSR count). The molecule has 2 heterocycles. The van der Waals surface area contributed by atoms with Crippen LogP contribution in [0, 0.1) is 6.92 Å². The Hall–Kier alpha value is -3.18. The maximum absolute atomic E-state index is 13.2. The number of carbonyl (C=O) groups excluding carboxylic acids is 2. The fourth-order valence-corrected chi connectivity index (χ4v) is 4.80. The first-order valence-electron chi connectivity index (χ1n) is 12.0. The summed E-state index contributed by atoms with van der Waals surface area (Å²) in [6.45, 7) is 4.15. The Labute approximate surface area is 214 Å². The van der Waals surface area contributed by atoms with E-state index in [9.17, 15) is 28.7 Å². The molecular formula is C24H32N5O7P. The van der Waals surface area contributed by atoms with Crippen LogP contribution in [0.1, 0.15) is 35.4 Å². The second-order valence-electron chi connectivity index (χ2n) is 8.98. The van der Waals surface area contributed by atoms with E-state index in [1.807, 2.05) is 18.2 Å². The van der Waals surface area contributed by atoms with Crippen LogP contribution in [-0.2, 0) is 14.2 Å². The lowest BCUT2D eigenvalue weighted by atomic mass is 10.2. The number of aromatic nitrogens is 2. The Morgan fingerprint density at radius 2 is 1.73 bits per heavy atom. The molecule has 0 saturated carbocycles. The highest BCUT2D eigenvalue weighted by atomic mass is 31.2. The number of piperazine rings is 1. The van der Waals surface area contributed by atoms with Crippen LogP contribution in [0.5, 0.6) is 0 Å². The summed E-state index contributed by atoms with van der Waals surface area (Å²) in [5.41, 5.74) is 1.21. The maximum Gasteiger partial charge on any atom is 0.328 e. The number of nitrogens with zero attached hydrogens (tertiary/aromatic N) is 4. The van der Waals surface area contributed by atoms with Crippen molar-refractivity contribution in [3.8, 4) is 11.4 Å². The molecule has 0 unspecified atom stereocenters. The number of unbranched alkanes of at least 4 members (excludes halogenated alkanes) is 1. The Balaban J connectivity index is 1.66. The fraction of sp³-hybridized carbons (Fsp3) is 0.458. The first-order valence-corrected chi connectivity index (χ1v) is 13.8.